The third kappa shape index (κ3) is 3.73. The van der Waals surface area contributed by atoms with Crippen LogP contribution in [0.5, 0.6) is 17.2 Å². The number of aromatic amines is 1. The molecule has 4 rings (SSSR count). The highest BCUT2D eigenvalue weighted by Crippen LogP contribution is 2.36. The normalized spacial score (nSPS) is 10.6. The molecule has 1 amide bonds. The number of hydrogen-bond acceptors (Lipinski definition) is 9. The van der Waals surface area contributed by atoms with Gasteiger partial charge in [-0.15, -0.1) is 5.10 Å². The van der Waals surface area contributed by atoms with Crippen LogP contribution < -0.4 is 15.2 Å². The Bertz CT molecular complexity index is 1220. The first-order valence-corrected chi connectivity index (χ1v) is 8.83. The summed E-state index contributed by atoms with van der Waals surface area (Å²) < 4.78 is 11.0. The second kappa shape index (κ2) is 8.09. The number of aromatic nitrogens is 7. The van der Waals surface area contributed by atoms with Crippen LogP contribution in [0.25, 0.3) is 22.9 Å². The summed E-state index contributed by atoms with van der Waals surface area (Å²) in [5.74, 6) is 0.356. The Morgan fingerprint density at radius 3 is 2.67 bits per heavy atom. The molecule has 150 valence electrons. The first kappa shape index (κ1) is 19.2. The molecule has 0 saturated heterocycles. The Morgan fingerprint density at radius 2 is 1.97 bits per heavy atom. The predicted molar refractivity (Wildman–Crippen MR) is 105 cm³/mol. The predicted octanol–water partition coefficient (Wildman–Crippen LogP) is 2.27. The maximum atomic E-state index is 12.1. The van der Waals surface area contributed by atoms with Gasteiger partial charge in [-0.2, -0.15) is 0 Å². The Balaban J connectivity index is 1.78. The molecule has 0 unspecified atom stereocenters. The second-order valence-electron chi connectivity index (χ2n) is 5.81. The number of nitrogens with two attached hydrogens (primary N) is 1. The Hall–Kier alpha value is -4.12. The Morgan fingerprint density at radius 1 is 1.17 bits per heavy atom. The van der Waals surface area contributed by atoms with Crippen LogP contribution in [0.15, 0.2) is 42.6 Å². The summed E-state index contributed by atoms with van der Waals surface area (Å²) in [6, 6.07) is 10.1. The molecule has 11 nitrogen and oxygen atoms in total. The number of benzene rings is 1. The highest BCUT2D eigenvalue weighted by atomic mass is 35.5. The van der Waals surface area contributed by atoms with Gasteiger partial charge in [0.05, 0.1) is 7.11 Å². The zero-order valence-electron chi connectivity index (χ0n) is 15.4. The van der Waals surface area contributed by atoms with Crippen molar-refractivity contribution in [1.29, 1.82) is 0 Å². The first-order chi connectivity index (χ1) is 14.6. The monoisotopic (exact) mass is 424 g/mol. The number of primary amides is 1. The number of amides is 1. The van der Waals surface area contributed by atoms with Crippen LogP contribution in [0.1, 0.15) is 10.5 Å². The Kier molecular flexibility index (Phi) is 5.18. The fraction of sp³-hybridized carbons (Fsp3) is 0.0556. The maximum Gasteiger partial charge on any atom is 0.271 e. The van der Waals surface area contributed by atoms with Gasteiger partial charge in [-0.25, -0.2) is 15.1 Å². The average molecular weight is 425 g/mol. The van der Waals surface area contributed by atoms with Gasteiger partial charge >= 0.3 is 0 Å². The quantitative estimate of drug-likeness (QED) is 0.443. The lowest BCUT2D eigenvalue weighted by atomic mass is 10.2. The van der Waals surface area contributed by atoms with Gasteiger partial charge in [0.1, 0.15) is 5.69 Å². The van der Waals surface area contributed by atoms with Gasteiger partial charge in [-0.1, -0.05) is 23.7 Å². The topological polar surface area (TPSA) is 155 Å². The summed E-state index contributed by atoms with van der Waals surface area (Å²) in [4.78, 5) is 24.8. The molecule has 3 N–H and O–H groups in total. The third-order valence-electron chi connectivity index (χ3n) is 3.94. The molecular formula is C18H13ClN8O3. The van der Waals surface area contributed by atoms with Crippen molar-refractivity contribution in [1.82, 2.24) is 35.6 Å². The van der Waals surface area contributed by atoms with Gasteiger partial charge < -0.3 is 15.2 Å². The minimum absolute atomic E-state index is 0.0777. The van der Waals surface area contributed by atoms with Gasteiger partial charge in [0.2, 0.25) is 0 Å². The number of carbonyl (C=O) groups is 1. The van der Waals surface area contributed by atoms with Gasteiger partial charge in [0.15, 0.2) is 39.7 Å². The minimum atomic E-state index is -0.834. The molecule has 1 aromatic carbocycles. The van der Waals surface area contributed by atoms with Crippen molar-refractivity contribution in [3.8, 4) is 40.2 Å². The van der Waals surface area contributed by atoms with Crippen molar-refractivity contribution in [3.63, 3.8) is 0 Å². The molecule has 0 atom stereocenters. The van der Waals surface area contributed by atoms with E-state index in [1.54, 1.807) is 36.4 Å². The van der Waals surface area contributed by atoms with E-state index in [0.29, 0.717) is 28.6 Å². The van der Waals surface area contributed by atoms with Crippen molar-refractivity contribution < 1.29 is 14.3 Å². The standard InChI is InChI=1S/C18H13ClN8O3/c1-29-11-4-2-3-5-12(11)30-14-13(16(20)28)22-17(23-15(14)19)9-6-7-21-10(8-9)18-24-26-27-25-18/h2-8H,1H3,(H2,20,28)(H,24,25,26,27). The summed E-state index contributed by atoms with van der Waals surface area (Å²) >= 11 is 6.33. The van der Waals surface area contributed by atoms with Gasteiger partial charge in [0, 0.05) is 11.8 Å². The summed E-state index contributed by atoms with van der Waals surface area (Å²) in [5, 5.41) is 13.4. The van der Waals surface area contributed by atoms with E-state index in [-0.39, 0.29) is 22.4 Å². The molecule has 0 aliphatic rings. The second-order valence-corrected chi connectivity index (χ2v) is 6.17. The molecule has 3 heterocycles. The lowest BCUT2D eigenvalue weighted by molar-refractivity contribution is 0.0993. The molecule has 0 bridgehead atoms. The lowest BCUT2D eigenvalue weighted by Crippen LogP contribution is -2.16. The fourth-order valence-corrected chi connectivity index (χ4v) is 2.80. The molecule has 30 heavy (non-hydrogen) atoms. The summed E-state index contributed by atoms with van der Waals surface area (Å²) in [7, 11) is 1.49. The number of nitrogens with one attached hydrogen (secondary N) is 1. The third-order valence-corrected chi connectivity index (χ3v) is 4.20. The molecule has 0 spiro atoms. The molecular weight excluding hydrogens is 412 g/mol. The van der Waals surface area contributed by atoms with Gasteiger partial charge in [-0.3, -0.25) is 9.78 Å². The van der Waals surface area contributed by atoms with Crippen LogP contribution in [0.2, 0.25) is 5.15 Å². The molecule has 0 radical (unpaired) electrons. The van der Waals surface area contributed by atoms with E-state index in [0.717, 1.165) is 0 Å². The maximum absolute atomic E-state index is 12.1. The van der Waals surface area contributed by atoms with E-state index in [9.17, 15) is 4.79 Å². The summed E-state index contributed by atoms with van der Waals surface area (Å²) in [6.07, 6.45) is 1.52. The highest BCUT2D eigenvalue weighted by Gasteiger charge is 2.22. The average Bonchev–Trinajstić information content (AvgIpc) is 3.30. The number of nitrogens with zero attached hydrogens (tertiary/aromatic N) is 6. The van der Waals surface area contributed by atoms with Gasteiger partial charge in [-0.05, 0) is 34.7 Å². The van der Waals surface area contributed by atoms with Crippen LogP contribution in [0.3, 0.4) is 0 Å². The fourth-order valence-electron chi connectivity index (χ4n) is 2.59. The molecule has 0 fully saturated rings. The molecule has 0 aliphatic carbocycles. The van der Waals surface area contributed by atoms with Crippen LogP contribution in [0.4, 0.5) is 0 Å². The lowest BCUT2D eigenvalue weighted by Gasteiger charge is -2.13. The number of hydrogen-bond donors (Lipinski definition) is 2. The first-order valence-electron chi connectivity index (χ1n) is 8.45. The molecule has 0 aliphatic heterocycles. The number of tetrazole rings is 1. The number of halogens is 1. The zero-order chi connectivity index (χ0) is 21.1. The van der Waals surface area contributed by atoms with Crippen LogP contribution in [-0.2, 0) is 0 Å². The largest absolute Gasteiger partial charge is 0.493 e. The molecule has 4 aromatic rings. The van der Waals surface area contributed by atoms with Crippen LogP contribution in [-0.4, -0.2) is 48.6 Å². The van der Waals surface area contributed by atoms with E-state index < -0.39 is 5.91 Å². The number of rotatable bonds is 6. The number of ether oxygens (including phenoxy) is 2. The van der Waals surface area contributed by atoms with Gasteiger partial charge in [0.25, 0.3) is 5.91 Å². The van der Waals surface area contributed by atoms with E-state index in [2.05, 4.69) is 35.6 Å². The molecule has 12 heteroatoms. The van der Waals surface area contributed by atoms with Crippen LogP contribution >= 0.6 is 11.6 Å². The van der Waals surface area contributed by atoms with Crippen molar-refractivity contribution in [2.24, 2.45) is 5.73 Å². The van der Waals surface area contributed by atoms with E-state index in [1.165, 1.54) is 13.3 Å². The number of methoxy groups -OCH3 is 1. The summed E-state index contributed by atoms with van der Waals surface area (Å²) in [6.45, 7) is 0. The van der Waals surface area contributed by atoms with Crippen molar-refractivity contribution in [2.45, 2.75) is 0 Å². The zero-order valence-corrected chi connectivity index (χ0v) is 16.2. The molecule has 0 saturated carbocycles. The number of H-pyrrole nitrogens is 1. The number of pyridine rings is 1. The smallest absolute Gasteiger partial charge is 0.271 e. The van der Waals surface area contributed by atoms with E-state index >= 15 is 0 Å². The number of carbonyl (C=O) groups excluding carboxylic acids is 1. The van der Waals surface area contributed by atoms with E-state index in [1.807, 2.05) is 0 Å². The minimum Gasteiger partial charge on any atom is -0.493 e. The Labute approximate surface area is 174 Å². The van der Waals surface area contributed by atoms with Crippen molar-refractivity contribution in [2.75, 3.05) is 7.11 Å². The number of para-hydroxylation sites is 2. The SMILES string of the molecule is COc1ccccc1Oc1c(Cl)nc(-c2ccnc(-c3nnn[nH]3)c2)nc1C(N)=O. The van der Waals surface area contributed by atoms with Crippen LogP contribution in [0, 0.1) is 0 Å². The highest BCUT2D eigenvalue weighted by molar-refractivity contribution is 6.31. The van der Waals surface area contributed by atoms with E-state index in [4.69, 9.17) is 26.8 Å². The van der Waals surface area contributed by atoms with Crippen molar-refractivity contribution >= 4 is 17.5 Å². The summed E-state index contributed by atoms with van der Waals surface area (Å²) in [5.41, 5.74) is 6.30. The van der Waals surface area contributed by atoms with Crippen molar-refractivity contribution in [3.05, 3.63) is 53.4 Å². The molecule has 3 aromatic heterocycles.